The highest BCUT2D eigenvalue weighted by Gasteiger charge is 2.34. The number of amides is 2. The second-order valence-corrected chi connectivity index (χ2v) is 11.6. The summed E-state index contributed by atoms with van der Waals surface area (Å²) in [6.07, 6.45) is 0.355. The van der Waals surface area contributed by atoms with Crippen LogP contribution in [0.1, 0.15) is 38.3 Å². The molecule has 1 atom stereocenters. The molecule has 0 saturated carbocycles. The Morgan fingerprint density at radius 1 is 0.947 bits per heavy atom. The standard InChI is InChI=1S/C29H34ClN3O4S/c1-5-26(29(35)31-21(2)3)32(19-23-13-11-12-22(4)18-23)28(34)20-33(27-17-10-9-16-25(27)30)38(36,37)24-14-7-6-8-15-24/h6-18,21,26H,5,19-20H2,1-4H3,(H,31,35)/t26-/m1/s1. The molecule has 0 unspecified atom stereocenters. The number of nitrogens with zero attached hydrogens (tertiary/aromatic N) is 2. The summed E-state index contributed by atoms with van der Waals surface area (Å²) in [6, 6.07) is 21.1. The van der Waals surface area contributed by atoms with E-state index in [-0.39, 0.29) is 34.1 Å². The molecule has 7 nitrogen and oxygen atoms in total. The van der Waals surface area contributed by atoms with E-state index in [4.69, 9.17) is 11.6 Å². The van der Waals surface area contributed by atoms with Gasteiger partial charge in [-0.05, 0) is 57.0 Å². The molecule has 38 heavy (non-hydrogen) atoms. The molecule has 0 bridgehead atoms. The van der Waals surface area contributed by atoms with Gasteiger partial charge in [0.2, 0.25) is 11.8 Å². The van der Waals surface area contributed by atoms with Gasteiger partial charge in [-0.2, -0.15) is 0 Å². The summed E-state index contributed by atoms with van der Waals surface area (Å²) in [5.41, 5.74) is 2.03. The van der Waals surface area contributed by atoms with Crippen molar-refractivity contribution in [1.82, 2.24) is 10.2 Å². The fourth-order valence-electron chi connectivity index (χ4n) is 4.19. The highest BCUT2D eigenvalue weighted by atomic mass is 35.5. The molecule has 0 aliphatic carbocycles. The van der Waals surface area contributed by atoms with E-state index in [9.17, 15) is 18.0 Å². The number of benzene rings is 3. The first kappa shape index (κ1) is 29.2. The Morgan fingerprint density at radius 3 is 2.21 bits per heavy atom. The summed E-state index contributed by atoms with van der Waals surface area (Å²) >= 11 is 6.43. The predicted octanol–water partition coefficient (Wildman–Crippen LogP) is 5.18. The fourth-order valence-corrected chi connectivity index (χ4v) is 5.94. The molecule has 0 heterocycles. The molecule has 1 N–H and O–H groups in total. The molecule has 0 aliphatic rings. The van der Waals surface area contributed by atoms with Crippen molar-refractivity contribution in [3.63, 3.8) is 0 Å². The van der Waals surface area contributed by atoms with E-state index in [0.717, 1.165) is 15.4 Å². The third-order valence-electron chi connectivity index (χ3n) is 5.98. The van der Waals surface area contributed by atoms with Crippen molar-refractivity contribution in [3.8, 4) is 0 Å². The van der Waals surface area contributed by atoms with Gasteiger partial charge in [0.25, 0.3) is 10.0 Å². The largest absolute Gasteiger partial charge is 0.352 e. The summed E-state index contributed by atoms with van der Waals surface area (Å²) in [5, 5.41) is 3.08. The van der Waals surface area contributed by atoms with Gasteiger partial charge in [-0.3, -0.25) is 13.9 Å². The lowest BCUT2D eigenvalue weighted by atomic mass is 10.1. The number of aryl methyl sites for hydroxylation is 1. The lowest BCUT2D eigenvalue weighted by Gasteiger charge is -2.33. The number of nitrogens with one attached hydrogen (secondary N) is 1. The van der Waals surface area contributed by atoms with Crippen LogP contribution in [-0.2, 0) is 26.2 Å². The van der Waals surface area contributed by atoms with Gasteiger partial charge in [0.15, 0.2) is 0 Å². The number of halogens is 1. The summed E-state index contributed by atoms with van der Waals surface area (Å²) in [4.78, 5) is 28.6. The van der Waals surface area contributed by atoms with Crippen LogP contribution in [0.15, 0.2) is 83.8 Å². The van der Waals surface area contributed by atoms with Gasteiger partial charge < -0.3 is 10.2 Å². The average molecular weight is 556 g/mol. The van der Waals surface area contributed by atoms with E-state index in [2.05, 4.69) is 5.32 Å². The van der Waals surface area contributed by atoms with Crippen molar-refractivity contribution in [1.29, 1.82) is 0 Å². The van der Waals surface area contributed by atoms with Crippen molar-refractivity contribution >= 4 is 39.1 Å². The van der Waals surface area contributed by atoms with Gasteiger partial charge in [-0.1, -0.05) is 78.7 Å². The van der Waals surface area contributed by atoms with Gasteiger partial charge in [-0.15, -0.1) is 0 Å². The normalized spacial score (nSPS) is 12.2. The van der Waals surface area contributed by atoms with Crippen LogP contribution in [-0.4, -0.2) is 43.8 Å². The van der Waals surface area contributed by atoms with Crippen molar-refractivity contribution in [3.05, 3.63) is 95.0 Å². The smallest absolute Gasteiger partial charge is 0.264 e. The molecule has 3 rings (SSSR count). The SMILES string of the molecule is CC[C@H](C(=O)NC(C)C)N(Cc1cccc(C)c1)C(=O)CN(c1ccccc1Cl)S(=O)(=O)c1ccccc1. The van der Waals surface area contributed by atoms with Crippen LogP contribution in [0.25, 0.3) is 0 Å². The number of para-hydroxylation sites is 1. The van der Waals surface area contributed by atoms with Gasteiger partial charge in [0.1, 0.15) is 12.6 Å². The van der Waals surface area contributed by atoms with Crippen LogP contribution in [0.2, 0.25) is 5.02 Å². The minimum Gasteiger partial charge on any atom is -0.352 e. The first-order valence-corrected chi connectivity index (χ1v) is 14.3. The maximum absolute atomic E-state index is 14.0. The van der Waals surface area contributed by atoms with E-state index < -0.39 is 28.5 Å². The molecule has 0 spiro atoms. The number of hydrogen-bond donors (Lipinski definition) is 1. The van der Waals surface area contributed by atoms with Gasteiger partial charge >= 0.3 is 0 Å². The quantitative estimate of drug-likeness (QED) is 0.353. The fraction of sp³-hybridized carbons (Fsp3) is 0.310. The van der Waals surface area contributed by atoms with E-state index >= 15 is 0 Å². The first-order valence-electron chi connectivity index (χ1n) is 12.5. The lowest BCUT2D eigenvalue weighted by molar-refractivity contribution is -0.140. The average Bonchev–Trinajstić information content (AvgIpc) is 2.87. The van der Waals surface area contributed by atoms with Crippen LogP contribution in [0.3, 0.4) is 0 Å². The van der Waals surface area contributed by atoms with Crippen molar-refractivity contribution in [2.45, 2.75) is 57.6 Å². The predicted molar refractivity (Wildman–Crippen MR) is 152 cm³/mol. The number of hydrogen-bond acceptors (Lipinski definition) is 4. The van der Waals surface area contributed by atoms with Crippen LogP contribution < -0.4 is 9.62 Å². The summed E-state index contributed by atoms with van der Waals surface area (Å²) in [5.74, 6) is -0.810. The zero-order valence-corrected chi connectivity index (χ0v) is 23.7. The van der Waals surface area contributed by atoms with Crippen molar-refractivity contribution in [2.75, 3.05) is 10.8 Å². The van der Waals surface area contributed by atoms with Crippen molar-refractivity contribution in [2.24, 2.45) is 0 Å². The Labute approximate surface area is 230 Å². The van der Waals surface area contributed by atoms with E-state index in [1.54, 1.807) is 42.5 Å². The minimum absolute atomic E-state index is 0.0301. The zero-order chi connectivity index (χ0) is 27.9. The third-order valence-corrected chi connectivity index (χ3v) is 8.08. The third kappa shape index (κ3) is 7.14. The Kier molecular flexibility index (Phi) is 9.94. The Morgan fingerprint density at radius 2 is 1.61 bits per heavy atom. The molecule has 0 fully saturated rings. The molecule has 9 heteroatoms. The second-order valence-electron chi connectivity index (χ2n) is 9.37. The molecule has 3 aromatic rings. The summed E-state index contributed by atoms with van der Waals surface area (Å²) < 4.78 is 28.6. The Bertz CT molecular complexity index is 1360. The summed E-state index contributed by atoms with van der Waals surface area (Å²) in [6.45, 7) is 7.09. The molecule has 0 radical (unpaired) electrons. The Balaban J connectivity index is 2.07. The monoisotopic (exact) mass is 555 g/mol. The topological polar surface area (TPSA) is 86.8 Å². The molecule has 202 valence electrons. The number of rotatable bonds is 11. The molecule has 0 saturated heterocycles. The van der Waals surface area contributed by atoms with Crippen molar-refractivity contribution < 1.29 is 18.0 Å². The molecular formula is C29H34ClN3O4S. The maximum atomic E-state index is 14.0. The number of sulfonamides is 1. The molecular weight excluding hydrogens is 522 g/mol. The van der Waals surface area contributed by atoms with Crippen LogP contribution in [0.4, 0.5) is 5.69 Å². The number of carbonyl (C=O) groups excluding carboxylic acids is 2. The molecule has 3 aromatic carbocycles. The van der Waals surface area contributed by atoms with E-state index in [1.165, 1.54) is 17.0 Å². The van der Waals surface area contributed by atoms with Crippen LogP contribution >= 0.6 is 11.6 Å². The van der Waals surface area contributed by atoms with Crippen LogP contribution in [0, 0.1) is 6.92 Å². The highest BCUT2D eigenvalue weighted by Crippen LogP contribution is 2.30. The molecule has 0 aromatic heterocycles. The molecule has 0 aliphatic heterocycles. The number of carbonyl (C=O) groups is 2. The summed E-state index contributed by atoms with van der Waals surface area (Å²) in [7, 11) is -4.16. The lowest BCUT2D eigenvalue weighted by Crippen LogP contribution is -2.53. The number of anilines is 1. The van der Waals surface area contributed by atoms with E-state index in [1.807, 2.05) is 52.0 Å². The minimum atomic E-state index is -4.16. The van der Waals surface area contributed by atoms with Gasteiger partial charge in [0.05, 0.1) is 15.6 Å². The van der Waals surface area contributed by atoms with Gasteiger partial charge in [-0.25, -0.2) is 8.42 Å². The molecule has 2 amide bonds. The van der Waals surface area contributed by atoms with E-state index in [0.29, 0.717) is 6.42 Å². The highest BCUT2D eigenvalue weighted by molar-refractivity contribution is 7.92. The van der Waals surface area contributed by atoms with Crippen LogP contribution in [0.5, 0.6) is 0 Å². The van der Waals surface area contributed by atoms with Gasteiger partial charge in [0, 0.05) is 12.6 Å². The maximum Gasteiger partial charge on any atom is 0.264 e. The first-order chi connectivity index (χ1) is 18.0. The second kappa shape index (κ2) is 12.9. The zero-order valence-electron chi connectivity index (χ0n) is 22.1. The Hall–Kier alpha value is -3.36.